The predicted molar refractivity (Wildman–Crippen MR) is 156 cm³/mol. The zero-order valence-electron chi connectivity index (χ0n) is 23.0. The highest BCUT2D eigenvalue weighted by molar-refractivity contribution is 7.99. The molecule has 3 amide bonds. The molecule has 6 nitrogen and oxygen atoms in total. The number of carbonyl (C=O) groups excluding carboxylic acids is 2. The Balaban J connectivity index is 2.39. The minimum atomic E-state index is -0.843. The van der Waals surface area contributed by atoms with Gasteiger partial charge in [0.15, 0.2) is 0 Å². The average molecular weight is 515 g/mol. The van der Waals surface area contributed by atoms with Crippen molar-refractivity contribution in [3.8, 4) is 0 Å². The molecule has 0 bridgehead atoms. The first-order valence-electron chi connectivity index (χ1n) is 12.8. The molecular formula is C29H46N4O2S. The number of nitrogens with two attached hydrogens (primary N) is 1. The molecule has 0 aliphatic carbocycles. The number of anilines is 1. The van der Waals surface area contributed by atoms with E-state index in [0.29, 0.717) is 5.75 Å². The molecular weight excluding hydrogens is 468 g/mol. The van der Waals surface area contributed by atoms with Gasteiger partial charge in [-0.05, 0) is 91.7 Å². The lowest BCUT2D eigenvalue weighted by Crippen LogP contribution is -2.46. The van der Waals surface area contributed by atoms with Crippen LogP contribution in [0, 0.1) is 6.92 Å². The Morgan fingerprint density at radius 2 is 1.50 bits per heavy atom. The second-order valence-electron chi connectivity index (χ2n) is 9.73. The highest BCUT2D eigenvalue weighted by Crippen LogP contribution is 2.16. The maximum atomic E-state index is 12.4. The van der Waals surface area contributed by atoms with E-state index < -0.39 is 18.0 Å². The number of urea groups is 1. The van der Waals surface area contributed by atoms with Crippen LogP contribution in [0.15, 0.2) is 58.9 Å². The Kier molecular flexibility index (Phi) is 15.4. The van der Waals surface area contributed by atoms with E-state index in [1.165, 1.54) is 22.3 Å². The van der Waals surface area contributed by atoms with E-state index in [-0.39, 0.29) is 0 Å². The van der Waals surface area contributed by atoms with Crippen molar-refractivity contribution in [2.75, 3.05) is 16.8 Å². The van der Waals surface area contributed by atoms with Crippen LogP contribution >= 0.6 is 11.8 Å². The minimum Gasteiger partial charge on any atom is -0.359 e. The first kappa shape index (κ1) is 31.4. The third-order valence-corrected chi connectivity index (χ3v) is 6.68. The third-order valence-electron chi connectivity index (χ3n) is 5.71. The van der Waals surface area contributed by atoms with E-state index in [1.807, 2.05) is 19.2 Å². The van der Waals surface area contributed by atoms with E-state index in [1.54, 1.807) is 11.8 Å². The topological polar surface area (TPSA) is 100 Å². The van der Waals surface area contributed by atoms with Crippen LogP contribution in [0.2, 0.25) is 0 Å². The number of H-pyrrole nitrogens is 1. The Labute approximate surface area is 222 Å². The van der Waals surface area contributed by atoms with Gasteiger partial charge < -0.3 is 16.0 Å². The number of hydrogen-bond donors (Lipinski definition) is 4. The molecule has 1 aromatic rings. The summed E-state index contributed by atoms with van der Waals surface area (Å²) < 4.78 is 0. The number of aromatic nitrogens is 1. The van der Waals surface area contributed by atoms with E-state index >= 15 is 0 Å². The Hall–Kier alpha value is -2.67. The molecule has 0 aromatic carbocycles. The number of hydrogen-bond acceptors (Lipinski definition) is 4. The molecule has 0 aliphatic rings. The molecule has 0 fully saturated rings. The molecule has 1 aromatic heterocycles. The summed E-state index contributed by atoms with van der Waals surface area (Å²) in [5.41, 5.74) is 11.8. The monoisotopic (exact) mass is 514 g/mol. The van der Waals surface area contributed by atoms with Gasteiger partial charge >= 0.3 is 6.03 Å². The van der Waals surface area contributed by atoms with Gasteiger partial charge in [-0.15, -0.1) is 0 Å². The summed E-state index contributed by atoms with van der Waals surface area (Å²) in [5.74, 6) is 1.63. The number of aryl methyl sites for hydroxylation is 1. The van der Waals surface area contributed by atoms with Gasteiger partial charge in [0.1, 0.15) is 11.9 Å². The lowest BCUT2D eigenvalue weighted by Gasteiger charge is -2.17. The van der Waals surface area contributed by atoms with Gasteiger partial charge in [-0.1, -0.05) is 46.6 Å². The van der Waals surface area contributed by atoms with Crippen LogP contribution in [-0.4, -0.2) is 34.5 Å². The van der Waals surface area contributed by atoms with Crippen LogP contribution in [0.1, 0.15) is 78.7 Å². The Morgan fingerprint density at radius 3 is 2.00 bits per heavy atom. The number of primary amides is 1. The van der Waals surface area contributed by atoms with Crippen LogP contribution in [0.5, 0.6) is 0 Å². The lowest BCUT2D eigenvalue weighted by molar-refractivity contribution is -0.120. The first-order chi connectivity index (χ1) is 17.1. The van der Waals surface area contributed by atoms with Crippen molar-refractivity contribution in [3.05, 3.63) is 64.4 Å². The fourth-order valence-electron chi connectivity index (χ4n) is 3.54. The van der Waals surface area contributed by atoms with Crippen LogP contribution in [0.4, 0.5) is 10.6 Å². The van der Waals surface area contributed by atoms with E-state index in [0.717, 1.165) is 55.7 Å². The van der Waals surface area contributed by atoms with Crippen LogP contribution in [0.3, 0.4) is 0 Å². The molecule has 5 N–H and O–H groups in total. The van der Waals surface area contributed by atoms with E-state index in [4.69, 9.17) is 5.73 Å². The Bertz CT molecular complexity index is 952. The number of carbonyl (C=O) groups is 2. The van der Waals surface area contributed by atoms with E-state index in [9.17, 15) is 9.59 Å². The molecule has 1 heterocycles. The fraction of sp³-hybridized carbons (Fsp3) is 0.517. The summed E-state index contributed by atoms with van der Waals surface area (Å²) in [6.45, 7) is 12.9. The summed E-state index contributed by atoms with van der Waals surface area (Å²) in [7, 11) is 0. The predicted octanol–water partition coefficient (Wildman–Crippen LogP) is 7.18. The molecule has 0 saturated carbocycles. The summed E-state index contributed by atoms with van der Waals surface area (Å²) in [4.78, 5) is 26.5. The fourth-order valence-corrected chi connectivity index (χ4v) is 4.55. The summed E-state index contributed by atoms with van der Waals surface area (Å²) in [6.07, 6.45) is 17.7. The van der Waals surface area contributed by atoms with Crippen LogP contribution < -0.4 is 16.4 Å². The molecule has 200 valence electrons. The quantitative estimate of drug-likeness (QED) is 0.139. The van der Waals surface area contributed by atoms with Crippen molar-refractivity contribution in [1.29, 1.82) is 0 Å². The van der Waals surface area contributed by atoms with Gasteiger partial charge in [0, 0.05) is 17.7 Å². The molecule has 7 heteroatoms. The largest absolute Gasteiger partial charge is 0.359 e. The molecule has 1 unspecified atom stereocenters. The summed E-state index contributed by atoms with van der Waals surface area (Å²) >= 11 is 1.64. The van der Waals surface area contributed by atoms with Crippen molar-refractivity contribution < 1.29 is 9.59 Å². The second-order valence-corrected chi connectivity index (χ2v) is 10.8. The number of nitrogens with one attached hydrogen (secondary N) is 3. The number of rotatable bonds is 16. The van der Waals surface area contributed by atoms with Crippen LogP contribution in [0.25, 0.3) is 0 Å². The lowest BCUT2D eigenvalue weighted by atomic mass is 10.0. The molecule has 0 radical (unpaired) electrons. The molecule has 0 aliphatic heterocycles. The van der Waals surface area contributed by atoms with E-state index in [2.05, 4.69) is 74.5 Å². The zero-order chi connectivity index (χ0) is 26.9. The van der Waals surface area contributed by atoms with Gasteiger partial charge in [-0.3, -0.25) is 10.1 Å². The SMILES string of the molecule is CC(C)=CCC/C(C)=C/CCC(C)=CCCC(C)=CCSCC(Nc1cc(C)c[nH]1)C(=O)NC(N)=O. The normalized spacial score (nSPS) is 13.3. The minimum absolute atomic E-state index is 0.429. The molecule has 0 spiro atoms. The molecule has 0 saturated heterocycles. The third kappa shape index (κ3) is 15.4. The van der Waals surface area contributed by atoms with Crippen molar-refractivity contribution in [2.24, 2.45) is 5.73 Å². The molecule has 1 atom stereocenters. The number of amides is 3. The van der Waals surface area contributed by atoms with Crippen molar-refractivity contribution in [1.82, 2.24) is 10.3 Å². The first-order valence-corrected chi connectivity index (χ1v) is 13.9. The summed E-state index contributed by atoms with van der Waals surface area (Å²) in [6, 6.07) is 0.506. The number of thioether (sulfide) groups is 1. The zero-order valence-corrected chi connectivity index (χ0v) is 23.8. The number of allylic oxidation sites excluding steroid dienone is 7. The van der Waals surface area contributed by atoms with Crippen molar-refractivity contribution >= 4 is 29.5 Å². The molecule has 1 rings (SSSR count). The van der Waals surface area contributed by atoms with Gasteiger partial charge in [-0.25, -0.2) is 4.79 Å². The standard InChI is InChI=1S/C29H46N4O2S/c1-21(2)10-7-11-22(3)12-8-13-23(4)14-9-15-24(5)16-17-36-20-26(28(34)33-29(30)35)32-27-18-25(6)19-31-27/h10,12,14,16,18-19,26,31-32H,7-9,11,13,15,17,20H2,1-6H3,(H3,30,33,34,35)/b22-12+,23-14?,24-16?. The molecule has 36 heavy (non-hydrogen) atoms. The Morgan fingerprint density at radius 1 is 0.944 bits per heavy atom. The van der Waals surface area contributed by atoms with Gasteiger partial charge in [0.25, 0.3) is 5.91 Å². The highest BCUT2D eigenvalue weighted by atomic mass is 32.2. The van der Waals surface area contributed by atoms with Gasteiger partial charge in [-0.2, -0.15) is 11.8 Å². The highest BCUT2D eigenvalue weighted by Gasteiger charge is 2.20. The average Bonchev–Trinajstić information content (AvgIpc) is 3.19. The van der Waals surface area contributed by atoms with Gasteiger partial charge in [0.2, 0.25) is 0 Å². The second kappa shape index (κ2) is 17.7. The smallest absolute Gasteiger partial charge is 0.318 e. The number of imide groups is 1. The van der Waals surface area contributed by atoms with Gasteiger partial charge in [0.05, 0.1) is 0 Å². The van der Waals surface area contributed by atoms with Crippen molar-refractivity contribution in [3.63, 3.8) is 0 Å². The van der Waals surface area contributed by atoms with Crippen LogP contribution in [-0.2, 0) is 4.79 Å². The maximum absolute atomic E-state index is 12.4. The van der Waals surface area contributed by atoms with Crippen molar-refractivity contribution in [2.45, 2.75) is 86.1 Å². The number of aromatic amines is 1. The maximum Gasteiger partial charge on any atom is 0.318 e. The summed E-state index contributed by atoms with van der Waals surface area (Å²) in [5, 5.41) is 5.32.